The summed E-state index contributed by atoms with van der Waals surface area (Å²) in [5, 5.41) is 3.56. The maximum atomic E-state index is 5.81. The summed E-state index contributed by atoms with van der Waals surface area (Å²) < 4.78 is 5.46. The van der Waals surface area contributed by atoms with Gasteiger partial charge in [-0.25, -0.2) is 0 Å². The number of ether oxygens (including phenoxy) is 1. The third-order valence-electron chi connectivity index (χ3n) is 4.36. The third-order valence-corrected chi connectivity index (χ3v) is 4.36. The maximum Gasteiger partial charge on any atom is 0.124 e. The first-order chi connectivity index (χ1) is 9.02. The van der Waals surface area contributed by atoms with E-state index in [0.717, 1.165) is 24.8 Å². The van der Waals surface area contributed by atoms with Gasteiger partial charge in [0.1, 0.15) is 5.75 Å². The molecule has 0 atom stereocenters. The van der Waals surface area contributed by atoms with Crippen molar-refractivity contribution in [2.45, 2.75) is 46.2 Å². The second kappa shape index (κ2) is 5.93. The minimum Gasteiger partial charge on any atom is -0.496 e. The van der Waals surface area contributed by atoms with E-state index in [1.54, 1.807) is 7.11 Å². The molecule has 3 nitrogen and oxygen atoms in total. The molecule has 0 spiro atoms. The van der Waals surface area contributed by atoms with Gasteiger partial charge < -0.3 is 15.8 Å². The zero-order valence-electron chi connectivity index (χ0n) is 12.5. The lowest BCUT2D eigenvalue weighted by Gasteiger charge is -2.32. The number of hydrogen-bond donors (Lipinski definition) is 2. The van der Waals surface area contributed by atoms with Crippen LogP contribution in [0.5, 0.6) is 5.75 Å². The number of rotatable bonds is 5. The van der Waals surface area contributed by atoms with Crippen molar-refractivity contribution in [2.24, 2.45) is 11.7 Å². The molecule has 0 saturated heterocycles. The highest BCUT2D eigenvalue weighted by Gasteiger charge is 2.25. The lowest BCUT2D eigenvalue weighted by molar-refractivity contribution is 0.256. The quantitative estimate of drug-likeness (QED) is 0.857. The molecule has 0 aromatic heterocycles. The Hall–Kier alpha value is -1.06. The number of nitrogens with two attached hydrogens (primary N) is 1. The fourth-order valence-corrected chi connectivity index (χ4v) is 3.00. The van der Waals surface area contributed by atoms with Crippen molar-refractivity contribution in [2.75, 3.05) is 13.7 Å². The zero-order chi connectivity index (χ0) is 14.0. The van der Waals surface area contributed by atoms with Crippen LogP contribution < -0.4 is 15.8 Å². The van der Waals surface area contributed by atoms with Crippen molar-refractivity contribution in [3.63, 3.8) is 0 Å². The molecule has 0 bridgehead atoms. The van der Waals surface area contributed by atoms with Gasteiger partial charge in [-0.1, -0.05) is 6.07 Å². The van der Waals surface area contributed by atoms with E-state index in [1.165, 1.54) is 35.1 Å². The van der Waals surface area contributed by atoms with Crippen LogP contribution in [0.4, 0.5) is 0 Å². The van der Waals surface area contributed by atoms with Crippen LogP contribution in [0.15, 0.2) is 6.07 Å². The average Bonchev–Trinajstić information content (AvgIpc) is 2.33. The molecule has 106 valence electrons. The fourth-order valence-electron chi connectivity index (χ4n) is 3.00. The second-order valence-electron chi connectivity index (χ2n) is 5.86. The van der Waals surface area contributed by atoms with Crippen LogP contribution in [-0.2, 0) is 6.54 Å². The average molecular weight is 262 g/mol. The molecule has 0 unspecified atom stereocenters. The molecular formula is C16H26N2O. The molecule has 1 fully saturated rings. The Morgan fingerprint density at radius 2 is 1.95 bits per heavy atom. The molecule has 1 aromatic carbocycles. The van der Waals surface area contributed by atoms with Gasteiger partial charge in [-0.3, -0.25) is 0 Å². The Morgan fingerprint density at radius 3 is 2.53 bits per heavy atom. The molecule has 3 N–H and O–H groups in total. The summed E-state index contributed by atoms with van der Waals surface area (Å²) in [6, 6.07) is 2.68. The van der Waals surface area contributed by atoms with Gasteiger partial charge in [0.05, 0.1) is 7.11 Å². The Kier molecular flexibility index (Phi) is 4.48. The Balaban J connectivity index is 1.96. The summed E-state index contributed by atoms with van der Waals surface area (Å²) in [7, 11) is 1.74. The molecule has 0 amide bonds. The van der Waals surface area contributed by atoms with Crippen molar-refractivity contribution in [3.05, 3.63) is 28.3 Å². The normalized spacial score (nSPS) is 22.2. The summed E-state index contributed by atoms with van der Waals surface area (Å²) in [5.41, 5.74) is 11.0. The topological polar surface area (TPSA) is 47.3 Å². The third kappa shape index (κ3) is 3.10. The highest BCUT2D eigenvalue weighted by Crippen LogP contribution is 2.29. The molecule has 3 heteroatoms. The molecule has 1 aliphatic rings. The zero-order valence-corrected chi connectivity index (χ0v) is 12.5. The van der Waals surface area contributed by atoms with Gasteiger partial charge in [0.15, 0.2) is 0 Å². The molecule has 0 aliphatic heterocycles. The standard InChI is InChI=1S/C16H26N2O/c1-10-5-14(11(2)12(3)16(10)19-4)9-18-8-13-6-15(17)7-13/h5,13,15,18H,6-9,17H2,1-4H3. The minimum atomic E-state index is 0.444. The monoisotopic (exact) mass is 262 g/mol. The van der Waals surface area contributed by atoms with Crippen molar-refractivity contribution in [3.8, 4) is 5.75 Å². The highest BCUT2D eigenvalue weighted by molar-refractivity contribution is 5.48. The maximum absolute atomic E-state index is 5.81. The van der Waals surface area contributed by atoms with Gasteiger partial charge in [-0.2, -0.15) is 0 Å². The van der Waals surface area contributed by atoms with Crippen molar-refractivity contribution >= 4 is 0 Å². The van der Waals surface area contributed by atoms with Crippen LogP contribution in [0.25, 0.3) is 0 Å². The highest BCUT2D eigenvalue weighted by atomic mass is 16.5. The van der Waals surface area contributed by atoms with Crippen molar-refractivity contribution in [1.82, 2.24) is 5.32 Å². The Bertz CT molecular complexity index is 451. The van der Waals surface area contributed by atoms with E-state index in [-0.39, 0.29) is 0 Å². The van der Waals surface area contributed by atoms with Gasteiger partial charge in [-0.15, -0.1) is 0 Å². The van der Waals surface area contributed by atoms with Gasteiger partial charge in [0.25, 0.3) is 0 Å². The van der Waals surface area contributed by atoms with E-state index in [2.05, 4.69) is 32.2 Å². The number of methoxy groups -OCH3 is 1. The number of aryl methyl sites for hydroxylation is 1. The molecule has 19 heavy (non-hydrogen) atoms. The predicted octanol–water partition coefficient (Wildman–Crippen LogP) is 2.45. The van der Waals surface area contributed by atoms with Crippen LogP contribution >= 0.6 is 0 Å². The molecular weight excluding hydrogens is 236 g/mol. The molecule has 1 aliphatic carbocycles. The van der Waals surface area contributed by atoms with Crippen LogP contribution in [0.1, 0.15) is 35.1 Å². The van der Waals surface area contributed by atoms with E-state index in [9.17, 15) is 0 Å². The SMILES string of the molecule is COc1c(C)cc(CNCC2CC(N)C2)c(C)c1C. The number of nitrogens with one attached hydrogen (secondary N) is 1. The summed E-state index contributed by atoms with van der Waals surface area (Å²) in [4.78, 5) is 0. The van der Waals surface area contributed by atoms with Crippen LogP contribution in [0, 0.1) is 26.7 Å². The van der Waals surface area contributed by atoms with E-state index in [0.29, 0.717) is 6.04 Å². The number of benzene rings is 1. The predicted molar refractivity (Wildman–Crippen MR) is 79.6 cm³/mol. The van der Waals surface area contributed by atoms with Crippen LogP contribution in [0.2, 0.25) is 0 Å². The smallest absolute Gasteiger partial charge is 0.124 e. The van der Waals surface area contributed by atoms with Gasteiger partial charge >= 0.3 is 0 Å². The summed E-state index contributed by atoms with van der Waals surface area (Å²) in [5.74, 6) is 1.79. The Labute approximate surface area is 116 Å². The first-order valence-electron chi connectivity index (χ1n) is 7.12. The first kappa shape index (κ1) is 14.4. The Morgan fingerprint density at radius 1 is 1.26 bits per heavy atom. The van der Waals surface area contributed by atoms with E-state index in [1.807, 2.05) is 0 Å². The summed E-state index contributed by atoms with van der Waals surface area (Å²) in [6.45, 7) is 8.43. The largest absolute Gasteiger partial charge is 0.496 e. The first-order valence-corrected chi connectivity index (χ1v) is 7.12. The van der Waals surface area contributed by atoms with E-state index >= 15 is 0 Å². The van der Waals surface area contributed by atoms with Gasteiger partial charge in [0.2, 0.25) is 0 Å². The van der Waals surface area contributed by atoms with Crippen LogP contribution in [0.3, 0.4) is 0 Å². The van der Waals surface area contributed by atoms with Crippen LogP contribution in [-0.4, -0.2) is 19.7 Å². The number of hydrogen-bond acceptors (Lipinski definition) is 3. The minimum absolute atomic E-state index is 0.444. The molecule has 2 rings (SSSR count). The lowest BCUT2D eigenvalue weighted by atomic mass is 9.81. The van der Waals surface area contributed by atoms with Gasteiger partial charge in [0, 0.05) is 12.6 Å². The van der Waals surface area contributed by atoms with Crippen molar-refractivity contribution < 1.29 is 4.74 Å². The molecule has 1 saturated carbocycles. The summed E-state index contributed by atoms with van der Waals surface area (Å²) >= 11 is 0. The molecule has 0 radical (unpaired) electrons. The molecule has 1 aromatic rings. The van der Waals surface area contributed by atoms with Crippen molar-refractivity contribution in [1.29, 1.82) is 0 Å². The van der Waals surface area contributed by atoms with E-state index < -0.39 is 0 Å². The second-order valence-corrected chi connectivity index (χ2v) is 5.86. The van der Waals surface area contributed by atoms with E-state index in [4.69, 9.17) is 10.5 Å². The summed E-state index contributed by atoms with van der Waals surface area (Å²) in [6.07, 6.45) is 2.35. The fraction of sp³-hybridized carbons (Fsp3) is 0.625. The molecule has 0 heterocycles. The lowest BCUT2D eigenvalue weighted by Crippen LogP contribution is -2.41. The van der Waals surface area contributed by atoms with Gasteiger partial charge in [-0.05, 0) is 68.3 Å².